The number of anilines is 1. The molecular formula is C10H11NO. The number of nitrogens with one attached hydrogen (secondary N) is 1. The number of aldehydes is 1. The fraction of sp³-hybridized carbons (Fsp3) is 0.100. The first-order valence-corrected chi connectivity index (χ1v) is 3.77. The first-order chi connectivity index (χ1) is 5.88. The van der Waals surface area contributed by atoms with Gasteiger partial charge in [0, 0.05) is 12.7 Å². The van der Waals surface area contributed by atoms with E-state index in [4.69, 9.17) is 0 Å². The van der Waals surface area contributed by atoms with Crippen LogP contribution in [0.2, 0.25) is 0 Å². The molecule has 12 heavy (non-hydrogen) atoms. The smallest absolute Gasteiger partial charge is 0.142 e. The Balaban J connectivity index is 2.96. The quantitative estimate of drug-likeness (QED) is 0.542. The fourth-order valence-corrected chi connectivity index (χ4v) is 1.01. The third-order valence-electron chi connectivity index (χ3n) is 1.58. The van der Waals surface area contributed by atoms with Crippen molar-refractivity contribution in [3.05, 3.63) is 35.9 Å². The Kier molecular flexibility index (Phi) is 3.08. The monoisotopic (exact) mass is 161 g/mol. The zero-order valence-electron chi connectivity index (χ0n) is 6.95. The van der Waals surface area contributed by atoms with Gasteiger partial charge in [-0.2, -0.15) is 0 Å². The van der Waals surface area contributed by atoms with Crippen LogP contribution in [0.15, 0.2) is 30.3 Å². The van der Waals surface area contributed by atoms with Crippen molar-refractivity contribution in [1.29, 1.82) is 0 Å². The summed E-state index contributed by atoms with van der Waals surface area (Å²) in [5.41, 5.74) is 2.04. The van der Waals surface area contributed by atoms with Crippen molar-refractivity contribution < 1.29 is 4.79 Å². The highest BCUT2D eigenvalue weighted by Gasteiger charge is 1.92. The lowest BCUT2D eigenvalue weighted by Crippen LogP contribution is -1.90. The van der Waals surface area contributed by atoms with Crippen LogP contribution in [0.25, 0.3) is 6.08 Å². The van der Waals surface area contributed by atoms with Gasteiger partial charge in [-0.05, 0) is 23.8 Å². The summed E-state index contributed by atoms with van der Waals surface area (Å²) in [4.78, 5) is 10.1. The van der Waals surface area contributed by atoms with Crippen LogP contribution in [-0.2, 0) is 4.79 Å². The van der Waals surface area contributed by atoms with E-state index in [0.717, 1.165) is 17.5 Å². The average molecular weight is 161 g/mol. The molecule has 62 valence electrons. The molecule has 2 nitrogen and oxygen atoms in total. The van der Waals surface area contributed by atoms with E-state index in [-0.39, 0.29) is 0 Å². The summed E-state index contributed by atoms with van der Waals surface area (Å²) in [7, 11) is 1.85. The van der Waals surface area contributed by atoms with Crippen LogP contribution >= 0.6 is 0 Å². The standard InChI is InChI=1S/C10H11NO/c1-11-10-7-3-2-5-9(10)6-4-8-12/h2-8,11H,1H3/b6-4+. The van der Waals surface area contributed by atoms with Crippen molar-refractivity contribution in [3.8, 4) is 0 Å². The molecule has 0 heterocycles. The fourth-order valence-electron chi connectivity index (χ4n) is 1.01. The molecule has 0 unspecified atom stereocenters. The molecule has 1 N–H and O–H groups in total. The minimum atomic E-state index is 0.770. The summed E-state index contributed by atoms with van der Waals surface area (Å²) in [5, 5.41) is 3.04. The zero-order valence-corrected chi connectivity index (χ0v) is 6.95. The molecule has 0 fully saturated rings. The molecule has 2 heteroatoms. The number of hydrogen-bond acceptors (Lipinski definition) is 2. The molecule has 0 bridgehead atoms. The minimum Gasteiger partial charge on any atom is -0.388 e. The molecule has 0 aliphatic carbocycles. The van der Waals surface area contributed by atoms with E-state index in [0.29, 0.717) is 0 Å². The van der Waals surface area contributed by atoms with Gasteiger partial charge < -0.3 is 5.32 Å². The van der Waals surface area contributed by atoms with E-state index in [1.165, 1.54) is 6.08 Å². The number of para-hydroxylation sites is 1. The number of hydrogen-bond donors (Lipinski definition) is 1. The lowest BCUT2D eigenvalue weighted by Gasteiger charge is -2.02. The largest absolute Gasteiger partial charge is 0.388 e. The molecule has 0 aromatic heterocycles. The van der Waals surface area contributed by atoms with Gasteiger partial charge in [-0.25, -0.2) is 0 Å². The summed E-state index contributed by atoms with van der Waals surface area (Å²) in [6.45, 7) is 0. The Labute approximate surface area is 71.9 Å². The van der Waals surface area contributed by atoms with E-state index in [1.54, 1.807) is 6.08 Å². The van der Waals surface area contributed by atoms with Crippen molar-refractivity contribution in [2.24, 2.45) is 0 Å². The molecule has 0 atom stereocenters. The number of benzene rings is 1. The highest BCUT2D eigenvalue weighted by Crippen LogP contribution is 2.14. The van der Waals surface area contributed by atoms with Gasteiger partial charge in [0.05, 0.1) is 0 Å². The predicted octanol–water partition coefficient (Wildman–Crippen LogP) is 1.94. The zero-order chi connectivity index (χ0) is 8.81. The maximum atomic E-state index is 10.1. The number of rotatable bonds is 3. The number of allylic oxidation sites excluding steroid dienone is 1. The van der Waals surface area contributed by atoms with Gasteiger partial charge >= 0.3 is 0 Å². The highest BCUT2D eigenvalue weighted by atomic mass is 16.1. The second-order valence-electron chi connectivity index (χ2n) is 2.33. The molecule has 0 saturated heterocycles. The lowest BCUT2D eigenvalue weighted by atomic mass is 10.1. The molecule has 0 radical (unpaired) electrons. The second-order valence-corrected chi connectivity index (χ2v) is 2.33. The van der Waals surface area contributed by atoms with Gasteiger partial charge in [-0.15, -0.1) is 0 Å². The van der Waals surface area contributed by atoms with Gasteiger partial charge in [0.1, 0.15) is 6.29 Å². The molecule has 0 spiro atoms. The van der Waals surface area contributed by atoms with Crippen LogP contribution in [0.1, 0.15) is 5.56 Å². The van der Waals surface area contributed by atoms with Crippen LogP contribution < -0.4 is 5.32 Å². The average Bonchev–Trinajstić information content (AvgIpc) is 2.15. The normalized spacial score (nSPS) is 10.1. The molecule has 1 aromatic carbocycles. The third kappa shape index (κ3) is 1.95. The molecular weight excluding hydrogens is 150 g/mol. The molecule has 0 saturated carbocycles. The Hall–Kier alpha value is -1.57. The number of carbonyl (C=O) groups is 1. The van der Waals surface area contributed by atoms with Gasteiger partial charge in [-0.3, -0.25) is 4.79 Å². The Morgan fingerprint density at radius 1 is 1.33 bits per heavy atom. The topological polar surface area (TPSA) is 29.1 Å². The highest BCUT2D eigenvalue weighted by molar-refractivity contribution is 5.77. The van der Waals surface area contributed by atoms with Crippen molar-refractivity contribution in [2.45, 2.75) is 0 Å². The van der Waals surface area contributed by atoms with E-state index < -0.39 is 0 Å². The first-order valence-electron chi connectivity index (χ1n) is 3.77. The van der Waals surface area contributed by atoms with Crippen molar-refractivity contribution in [1.82, 2.24) is 0 Å². The Morgan fingerprint density at radius 3 is 2.75 bits per heavy atom. The van der Waals surface area contributed by atoms with Crippen LogP contribution in [-0.4, -0.2) is 13.3 Å². The summed E-state index contributed by atoms with van der Waals surface area (Å²) >= 11 is 0. The van der Waals surface area contributed by atoms with Gasteiger partial charge in [0.15, 0.2) is 0 Å². The summed E-state index contributed by atoms with van der Waals surface area (Å²) < 4.78 is 0. The first kappa shape index (κ1) is 8.53. The maximum absolute atomic E-state index is 10.1. The second kappa shape index (κ2) is 4.34. The predicted molar refractivity (Wildman–Crippen MR) is 51.1 cm³/mol. The third-order valence-corrected chi connectivity index (χ3v) is 1.58. The van der Waals surface area contributed by atoms with Crippen LogP contribution in [0.3, 0.4) is 0 Å². The van der Waals surface area contributed by atoms with E-state index >= 15 is 0 Å². The van der Waals surface area contributed by atoms with E-state index in [9.17, 15) is 4.79 Å². The summed E-state index contributed by atoms with van der Waals surface area (Å²) in [6, 6.07) is 7.80. The maximum Gasteiger partial charge on any atom is 0.142 e. The molecule has 0 aliphatic rings. The van der Waals surface area contributed by atoms with Crippen LogP contribution in [0.4, 0.5) is 5.69 Å². The minimum absolute atomic E-state index is 0.770. The van der Waals surface area contributed by atoms with Crippen molar-refractivity contribution >= 4 is 18.0 Å². The van der Waals surface area contributed by atoms with Gasteiger partial charge in [-0.1, -0.05) is 18.2 Å². The summed E-state index contributed by atoms with van der Waals surface area (Å²) in [5.74, 6) is 0. The van der Waals surface area contributed by atoms with Gasteiger partial charge in [0.25, 0.3) is 0 Å². The van der Waals surface area contributed by atoms with Crippen molar-refractivity contribution in [3.63, 3.8) is 0 Å². The van der Waals surface area contributed by atoms with E-state index in [1.807, 2.05) is 31.3 Å². The molecule has 0 amide bonds. The summed E-state index contributed by atoms with van der Waals surface area (Å²) in [6.07, 6.45) is 4.03. The van der Waals surface area contributed by atoms with Crippen LogP contribution in [0, 0.1) is 0 Å². The Bertz CT molecular complexity index is 292. The lowest BCUT2D eigenvalue weighted by molar-refractivity contribution is -0.104. The van der Waals surface area contributed by atoms with E-state index in [2.05, 4.69) is 5.32 Å². The van der Waals surface area contributed by atoms with Crippen molar-refractivity contribution in [2.75, 3.05) is 12.4 Å². The SMILES string of the molecule is CNc1ccccc1/C=C/C=O. The molecule has 1 rings (SSSR count). The molecule has 0 aliphatic heterocycles. The number of carbonyl (C=O) groups excluding carboxylic acids is 1. The Morgan fingerprint density at radius 2 is 2.08 bits per heavy atom. The van der Waals surface area contributed by atoms with Crippen LogP contribution in [0.5, 0.6) is 0 Å². The molecule has 1 aromatic rings. The van der Waals surface area contributed by atoms with Gasteiger partial charge in [0.2, 0.25) is 0 Å².